The average Bonchev–Trinajstić information content (AvgIpc) is 2.45. The minimum atomic E-state index is -3.34. The van der Waals surface area contributed by atoms with Crippen molar-refractivity contribution in [2.45, 2.75) is 45.3 Å². The van der Waals surface area contributed by atoms with E-state index in [0.717, 1.165) is 30.6 Å². The first kappa shape index (κ1) is 15.8. The first-order valence-electron chi connectivity index (χ1n) is 7.30. The summed E-state index contributed by atoms with van der Waals surface area (Å²) in [7, 11) is -3.34. The van der Waals surface area contributed by atoms with E-state index in [9.17, 15) is 13.2 Å². The van der Waals surface area contributed by atoms with Crippen LogP contribution < -0.4 is 9.62 Å². The van der Waals surface area contributed by atoms with Gasteiger partial charge in [-0.2, -0.15) is 0 Å². The smallest absolute Gasteiger partial charge is 0.235 e. The van der Waals surface area contributed by atoms with Crippen LogP contribution in [0.2, 0.25) is 0 Å². The number of nitrogens with zero attached hydrogens (tertiary/aromatic N) is 1. The van der Waals surface area contributed by atoms with Gasteiger partial charge in [0.1, 0.15) is 0 Å². The number of sulfonamides is 1. The molecule has 0 atom stereocenters. The maximum Gasteiger partial charge on any atom is 0.235 e. The summed E-state index contributed by atoms with van der Waals surface area (Å²) in [4.78, 5) is 13.7. The van der Waals surface area contributed by atoms with Crippen LogP contribution in [0.5, 0.6) is 0 Å². The number of nitrogens with one attached hydrogen (secondary N) is 1. The van der Waals surface area contributed by atoms with Gasteiger partial charge in [0.05, 0.1) is 5.25 Å². The highest BCUT2D eigenvalue weighted by Crippen LogP contribution is 2.30. The molecule has 0 fully saturated rings. The zero-order valence-electron chi connectivity index (χ0n) is 12.7. The zero-order valence-corrected chi connectivity index (χ0v) is 13.5. The molecule has 6 heteroatoms. The summed E-state index contributed by atoms with van der Waals surface area (Å²) in [6, 6.07) is 5.39. The monoisotopic (exact) mass is 310 g/mol. The Kier molecular flexibility index (Phi) is 4.56. The van der Waals surface area contributed by atoms with Crippen molar-refractivity contribution in [1.82, 2.24) is 0 Å². The molecule has 1 aromatic rings. The van der Waals surface area contributed by atoms with Crippen molar-refractivity contribution >= 4 is 27.3 Å². The van der Waals surface area contributed by atoms with Gasteiger partial charge in [0.15, 0.2) is 0 Å². The lowest BCUT2D eigenvalue weighted by molar-refractivity contribution is -0.118. The van der Waals surface area contributed by atoms with Crippen LogP contribution in [-0.2, 0) is 21.2 Å². The van der Waals surface area contributed by atoms with Crippen LogP contribution in [0.1, 0.15) is 39.2 Å². The molecule has 5 nitrogen and oxygen atoms in total. The minimum Gasteiger partial charge on any atom is -0.312 e. The third kappa shape index (κ3) is 3.37. The molecule has 0 aromatic heterocycles. The Morgan fingerprint density at radius 2 is 2.10 bits per heavy atom. The summed E-state index contributed by atoms with van der Waals surface area (Å²) >= 11 is 0. The number of amides is 1. The van der Waals surface area contributed by atoms with Gasteiger partial charge in [0.2, 0.25) is 15.9 Å². The molecular formula is C15H22N2O3S. The second-order valence-corrected chi connectivity index (χ2v) is 7.78. The third-order valence-electron chi connectivity index (χ3n) is 3.68. The Hall–Kier alpha value is -1.56. The van der Waals surface area contributed by atoms with Crippen LogP contribution in [0, 0.1) is 0 Å². The summed E-state index contributed by atoms with van der Waals surface area (Å²) in [5.74, 6) is 0.103. The van der Waals surface area contributed by atoms with Crippen molar-refractivity contribution in [3.63, 3.8) is 0 Å². The van der Waals surface area contributed by atoms with Crippen LogP contribution in [0.25, 0.3) is 0 Å². The van der Waals surface area contributed by atoms with Gasteiger partial charge in [-0.3, -0.25) is 9.52 Å². The fraction of sp³-hybridized carbons (Fsp3) is 0.533. The molecule has 0 spiro atoms. The molecular weight excluding hydrogens is 288 g/mol. The van der Waals surface area contributed by atoms with Crippen LogP contribution >= 0.6 is 0 Å². The molecule has 1 heterocycles. The molecule has 116 valence electrons. The van der Waals surface area contributed by atoms with Crippen LogP contribution in [0.15, 0.2) is 18.2 Å². The van der Waals surface area contributed by atoms with E-state index in [0.29, 0.717) is 12.1 Å². The van der Waals surface area contributed by atoms with E-state index in [1.165, 1.54) is 0 Å². The van der Waals surface area contributed by atoms with Gasteiger partial charge in [-0.1, -0.05) is 6.92 Å². The summed E-state index contributed by atoms with van der Waals surface area (Å²) in [5.41, 5.74) is 2.49. The largest absolute Gasteiger partial charge is 0.312 e. The molecule has 1 aliphatic heterocycles. The number of rotatable bonds is 4. The van der Waals surface area contributed by atoms with Gasteiger partial charge < -0.3 is 4.90 Å². The fourth-order valence-electron chi connectivity index (χ4n) is 2.39. The molecule has 0 saturated carbocycles. The van der Waals surface area contributed by atoms with Gasteiger partial charge in [-0.25, -0.2) is 8.42 Å². The topological polar surface area (TPSA) is 66.5 Å². The molecule has 2 rings (SSSR count). The predicted octanol–water partition coefficient (Wildman–Crippen LogP) is 2.53. The Bertz CT molecular complexity index is 638. The summed E-state index contributed by atoms with van der Waals surface area (Å²) in [5, 5.41) is -0.480. The normalized spacial score (nSPS) is 15.0. The molecule has 0 saturated heterocycles. The quantitative estimate of drug-likeness (QED) is 0.929. The van der Waals surface area contributed by atoms with Crippen molar-refractivity contribution in [2.75, 3.05) is 16.2 Å². The van der Waals surface area contributed by atoms with Crippen LogP contribution in [0.4, 0.5) is 11.4 Å². The Balaban J connectivity index is 2.30. The van der Waals surface area contributed by atoms with E-state index in [4.69, 9.17) is 0 Å². The van der Waals surface area contributed by atoms with Gasteiger partial charge in [-0.05, 0) is 50.5 Å². The van der Waals surface area contributed by atoms with E-state index in [1.54, 1.807) is 24.8 Å². The number of carbonyl (C=O) groups is 1. The third-order valence-corrected chi connectivity index (χ3v) is 5.44. The Labute approximate surface area is 126 Å². The second kappa shape index (κ2) is 6.05. The van der Waals surface area contributed by atoms with Crippen molar-refractivity contribution in [3.05, 3.63) is 23.8 Å². The maximum absolute atomic E-state index is 11.9. The lowest BCUT2D eigenvalue weighted by Gasteiger charge is -2.29. The minimum absolute atomic E-state index is 0.103. The first-order valence-corrected chi connectivity index (χ1v) is 8.84. The molecule has 1 aliphatic rings. The number of fused-ring (bicyclic) bond motifs is 1. The Morgan fingerprint density at radius 1 is 1.38 bits per heavy atom. The van der Waals surface area contributed by atoms with Crippen molar-refractivity contribution in [3.8, 4) is 0 Å². The average molecular weight is 310 g/mol. The predicted molar refractivity (Wildman–Crippen MR) is 85.1 cm³/mol. The molecule has 0 radical (unpaired) electrons. The van der Waals surface area contributed by atoms with Crippen molar-refractivity contribution < 1.29 is 13.2 Å². The van der Waals surface area contributed by atoms with Gasteiger partial charge >= 0.3 is 0 Å². The van der Waals surface area contributed by atoms with Crippen LogP contribution in [0.3, 0.4) is 0 Å². The number of benzene rings is 1. The van der Waals surface area contributed by atoms with Gasteiger partial charge in [0, 0.05) is 24.3 Å². The van der Waals surface area contributed by atoms with Crippen molar-refractivity contribution in [1.29, 1.82) is 0 Å². The van der Waals surface area contributed by atoms with E-state index in [-0.39, 0.29) is 5.91 Å². The highest BCUT2D eigenvalue weighted by atomic mass is 32.2. The molecule has 21 heavy (non-hydrogen) atoms. The number of carbonyl (C=O) groups excluding carboxylic acids is 1. The second-order valence-electron chi connectivity index (χ2n) is 5.54. The molecule has 0 bridgehead atoms. The van der Waals surface area contributed by atoms with E-state index >= 15 is 0 Å². The number of anilines is 2. The van der Waals surface area contributed by atoms with E-state index in [2.05, 4.69) is 4.72 Å². The Morgan fingerprint density at radius 3 is 2.71 bits per heavy atom. The van der Waals surface area contributed by atoms with E-state index in [1.807, 2.05) is 19.1 Å². The number of hydrogen-bond donors (Lipinski definition) is 1. The van der Waals surface area contributed by atoms with Gasteiger partial charge in [0.25, 0.3) is 0 Å². The standard InChI is InChI=1S/C15H22N2O3S/c1-4-15(18)17-9-5-6-12-10-13(7-8-14(12)17)16-21(19,20)11(2)3/h7-8,10-11,16H,4-6,9H2,1-3H3. The SMILES string of the molecule is CCC(=O)N1CCCc2cc(NS(=O)(=O)C(C)C)ccc21. The molecule has 0 aliphatic carbocycles. The molecule has 0 unspecified atom stereocenters. The lowest BCUT2D eigenvalue weighted by Crippen LogP contribution is -2.35. The molecule has 1 amide bonds. The summed E-state index contributed by atoms with van der Waals surface area (Å²) in [6.07, 6.45) is 2.24. The van der Waals surface area contributed by atoms with E-state index < -0.39 is 15.3 Å². The number of hydrogen-bond acceptors (Lipinski definition) is 3. The van der Waals surface area contributed by atoms with Crippen LogP contribution in [-0.4, -0.2) is 26.1 Å². The maximum atomic E-state index is 11.9. The zero-order chi connectivity index (χ0) is 15.6. The molecule has 1 N–H and O–H groups in total. The van der Waals surface area contributed by atoms with Crippen molar-refractivity contribution in [2.24, 2.45) is 0 Å². The summed E-state index contributed by atoms with van der Waals surface area (Å²) in [6.45, 7) is 5.86. The fourth-order valence-corrected chi connectivity index (χ4v) is 3.08. The van der Waals surface area contributed by atoms with Gasteiger partial charge in [-0.15, -0.1) is 0 Å². The highest BCUT2D eigenvalue weighted by Gasteiger charge is 2.22. The molecule has 1 aromatic carbocycles. The first-order chi connectivity index (χ1) is 9.85. The lowest BCUT2D eigenvalue weighted by atomic mass is 10.0. The number of aryl methyl sites for hydroxylation is 1. The highest BCUT2D eigenvalue weighted by molar-refractivity contribution is 7.93. The summed E-state index contributed by atoms with van der Waals surface area (Å²) < 4.78 is 26.4.